The summed E-state index contributed by atoms with van der Waals surface area (Å²) in [6.45, 7) is 7.75. The molecule has 12 nitrogen and oxygen atoms in total. The number of likely N-dealkylation sites (N-methyl/N-ethyl adjacent to an activating group) is 1. The van der Waals surface area contributed by atoms with E-state index >= 15 is 0 Å². The van der Waals surface area contributed by atoms with Crippen LogP contribution >= 0.6 is 0 Å². The fourth-order valence-electron chi connectivity index (χ4n) is 5.35. The predicted molar refractivity (Wildman–Crippen MR) is 149 cm³/mol. The molecular formula is C26H33N9O3S. The first-order valence-corrected chi connectivity index (χ1v) is 14.6. The molecule has 1 aromatic carbocycles. The Labute approximate surface area is 228 Å². The quantitative estimate of drug-likeness (QED) is 0.492. The minimum Gasteiger partial charge on any atom is -0.378 e. The summed E-state index contributed by atoms with van der Waals surface area (Å²) in [5.41, 5.74) is 10.1. The van der Waals surface area contributed by atoms with Crippen molar-refractivity contribution in [2.45, 2.75) is 18.2 Å². The van der Waals surface area contributed by atoms with Crippen LogP contribution in [0.1, 0.15) is 11.1 Å². The molecule has 13 heteroatoms. The summed E-state index contributed by atoms with van der Waals surface area (Å²) in [5.74, 6) is 1.65. The van der Waals surface area contributed by atoms with Gasteiger partial charge in [-0.2, -0.15) is 9.29 Å². The van der Waals surface area contributed by atoms with Gasteiger partial charge in [-0.1, -0.05) is 0 Å². The molecule has 5 heterocycles. The van der Waals surface area contributed by atoms with Crippen LogP contribution in [0.4, 0.5) is 23.4 Å². The van der Waals surface area contributed by atoms with Crippen LogP contribution in [0.3, 0.4) is 0 Å². The maximum absolute atomic E-state index is 13.4. The summed E-state index contributed by atoms with van der Waals surface area (Å²) < 4.78 is 33.8. The Bertz CT molecular complexity index is 1470. The molecule has 0 spiro atoms. The van der Waals surface area contributed by atoms with Crippen LogP contribution < -0.4 is 15.5 Å². The van der Waals surface area contributed by atoms with Gasteiger partial charge in [0.05, 0.1) is 23.8 Å². The van der Waals surface area contributed by atoms with Crippen LogP contribution in [0, 0.1) is 6.92 Å². The summed E-state index contributed by atoms with van der Waals surface area (Å²) in [5, 5.41) is 0. The molecule has 2 fully saturated rings. The zero-order chi connectivity index (χ0) is 27.1. The highest BCUT2D eigenvalue weighted by molar-refractivity contribution is 7.89. The second-order valence-corrected chi connectivity index (χ2v) is 12.1. The Morgan fingerprint density at radius 1 is 0.949 bits per heavy atom. The second kappa shape index (κ2) is 10.3. The first kappa shape index (κ1) is 25.9. The number of aryl methyl sites for hydroxylation is 1. The minimum absolute atomic E-state index is 0.210. The molecular weight excluding hydrogens is 518 g/mol. The number of ether oxygens (including phenoxy) is 1. The van der Waals surface area contributed by atoms with E-state index in [0.29, 0.717) is 56.8 Å². The van der Waals surface area contributed by atoms with Gasteiger partial charge in [-0.3, -0.25) is 0 Å². The monoisotopic (exact) mass is 551 g/mol. The van der Waals surface area contributed by atoms with Crippen molar-refractivity contribution >= 4 is 33.4 Å². The minimum atomic E-state index is -3.56. The van der Waals surface area contributed by atoms with Crippen LogP contribution in [0.2, 0.25) is 0 Å². The van der Waals surface area contributed by atoms with Crippen LogP contribution in [-0.4, -0.2) is 104 Å². The molecule has 3 aliphatic rings. The van der Waals surface area contributed by atoms with Gasteiger partial charge in [0, 0.05) is 75.0 Å². The van der Waals surface area contributed by atoms with Gasteiger partial charge in [0.2, 0.25) is 21.9 Å². The van der Waals surface area contributed by atoms with Crippen molar-refractivity contribution in [3.63, 3.8) is 0 Å². The summed E-state index contributed by atoms with van der Waals surface area (Å²) >= 11 is 0. The molecule has 3 aromatic rings. The van der Waals surface area contributed by atoms with Crippen molar-refractivity contribution in [2.75, 3.05) is 81.6 Å². The first-order valence-electron chi connectivity index (χ1n) is 13.2. The van der Waals surface area contributed by atoms with Gasteiger partial charge in [-0.05, 0) is 44.2 Å². The smallest absolute Gasteiger partial charge is 0.243 e. The Hall–Kier alpha value is -3.39. The number of nitrogens with two attached hydrogens (primary N) is 1. The van der Waals surface area contributed by atoms with Gasteiger partial charge >= 0.3 is 0 Å². The molecule has 6 rings (SSSR count). The number of hydrogen-bond donors (Lipinski definition) is 1. The number of fused-ring (bicyclic) bond motifs is 1. The maximum Gasteiger partial charge on any atom is 0.243 e. The SMILES string of the molecule is Cc1cc(S(=O)(=O)N2CCN(C)CC2)ccc1N1CCc2c(-c3cnc(N)nc3)nc(N3CCOCC3)nc21. The first-order chi connectivity index (χ1) is 18.8. The standard InChI is InChI=1S/C26H33N9O3S/c1-18-15-20(39(36,37)34-9-7-32(2)8-10-34)3-4-22(18)35-6-5-21-23(19-16-28-25(27)29-17-19)30-26(31-24(21)35)33-11-13-38-14-12-33/h3-4,15-17H,5-14H2,1-2H3,(H2,27,28,29). The summed E-state index contributed by atoms with van der Waals surface area (Å²) in [4.78, 5) is 25.1. The zero-order valence-electron chi connectivity index (χ0n) is 22.2. The van der Waals surface area contributed by atoms with Crippen molar-refractivity contribution in [3.05, 3.63) is 41.7 Å². The highest BCUT2D eigenvalue weighted by Crippen LogP contribution is 2.40. The van der Waals surface area contributed by atoms with Crippen molar-refractivity contribution < 1.29 is 13.2 Å². The van der Waals surface area contributed by atoms with E-state index in [4.69, 9.17) is 20.4 Å². The van der Waals surface area contributed by atoms with Crippen molar-refractivity contribution in [1.82, 2.24) is 29.1 Å². The molecule has 2 aromatic heterocycles. The molecule has 3 aliphatic heterocycles. The Kier molecular flexibility index (Phi) is 6.83. The van der Waals surface area contributed by atoms with E-state index in [9.17, 15) is 8.42 Å². The van der Waals surface area contributed by atoms with Gasteiger partial charge < -0.3 is 25.2 Å². The summed E-state index contributed by atoms with van der Waals surface area (Å²) in [6, 6.07) is 5.39. The third-order valence-electron chi connectivity index (χ3n) is 7.61. The average Bonchev–Trinajstić information content (AvgIpc) is 3.37. The normalized spacial score (nSPS) is 18.9. The Morgan fingerprint density at radius 3 is 2.36 bits per heavy atom. The highest BCUT2D eigenvalue weighted by Gasteiger charge is 2.32. The van der Waals surface area contributed by atoms with E-state index in [2.05, 4.69) is 24.7 Å². The molecule has 0 bridgehead atoms. The summed E-state index contributed by atoms with van der Waals surface area (Å²) in [6.07, 6.45) is 4.12. The highest BCUT2D eigenvalue weighted by atomic mass is 32.2. The molecule has 0 radical (unpaired) electrons. The number of rotatable bonds is 5. The maximum atomic E-state index is 13.4. The van der Waals surface area contributed by atoms with Gasteiger partial charge in [0.1, 0.15) is 5.82 Å². The van der Waals surface area contributed by atoms with E-state index in [1.807, 2.05) is 20.0 Å². The molecule has 0 atom stereocenters. The van der Waals surface area contributed by atoms with E-state index < -0.39 is 10.0 Å². The second-order valence-electron chi connectivity index (χ2n) is 10.2. The number of nitrogen functional groups attached to an aromatic ring is 1. The van der Waals surface area contributed by atoms with Crippen molar-refractivity contribution in [2.24, 2.45) is 0 Å². The number of piperazine rings is 1. The molecule has 39 heavy (non-hydrogen) atoms. The predicted octanol–water partition coefficient (Wildman–Crippen LogP) is 1.29. The number of sulfonamides is 1. The lowest BCUT2D eigenvalue weighted by Gasteiger charge is -2.32. The number of hydrogen-bond acceptors (Lipinski definition) is 11. The Morgan fingerprint density at radius 2 is 1.67 bits per heavy atom. The fraction of sp³-hybridized carbons (Fsp3) is 0.462. The number of morpholine rings is 1. The molecule has 206 valence electrons. The van der Waals surface area contributed by atoms with E-state index in [0.717, 1.165) is 53.4 Å². The Balaban J connectivity index is 1.37. The lowest BCUT2D eigenvalue weighted by atomic mass is 10.1. The van der Waals surface area contributed by atoms with Crippen molar-refractivity contribution in [3.8, 4) is 11.3 Å². The van der Waals surface area contributed by atoms with Gasteiger partial charge in [0.25, 0.3) is 0 Å². The largest absolute Gasteiger partial charge is 0.378 e. The van der Waals surface area contributed by atoms with E-state index in [1.54, 1.807) is 28.8 Å². The number of aromatic nitrogens is 4. The molecule has 0 aliphatic carbocycles. The van der Waals surface area contributed by atoms with Gasteiger partial charge in [0.15, 0.2) is 0 Å². The molecule has 2 saturated heterocycles. The van der Waals surface area contributed by atoms with Crippen LogP contribution in [0.15, 0.2) is 35.5 Å². The fourth-order valence-corrected chi connectivity index (χ4v) is 6.86. The lowest BCUT2D eigenvalue weighted by molar-refractivity contribution is 0.122. The van der Waals surface area contributed by atoms with Crippen LogP contribution in [0.25, 0.3) is 11.3 Å². The number of nitrogens with zero attached hydrogens (tertiary/aromatic N) is 8. The molecule has 2 N–H and O–H groups in total. The van der Waals surface area contributed by atoms with Gasteiger partial charge in [-0.25, -0.2) is 23.4 Å². The molecule has 0 amide bonds. The topological polar surface area (TPSA) is 134 Å². The molecule has 0 unspecified atom stereocenters. The molecule has 0 saturated carbocycles. The lowest BCUT2D eigenvalue weighted by Crippen LogP contribution is -2.47. The number of anilines is 4. The zero-order valence-corrected chi connectivity index (χ0v) is 23.1. The number of benzene rings is 1. The third-order valence-corrected chi connectivity index (χ3v) is 9.51. The van der Waals surface area contributed by atoms with Crippen LogP contribution in [-0.2, 0) is 21.2 Å². The van der Waals surface area contributed by atoms with E-state index in [1.165, 1.54) is 0 Å². The average molecular weight is 552 g/mol. The van der Waals surface area contributed by atoms with E-state index in [-0.39, 0.29) is 5.95 Å². The van der Waals surface area contributed by atoms with Gasteiger partial charge in [-0.15, -0.1) is 0 Å². The third kappa shape index (κ3) is 4.91. The van der Waals surface area contributed by atoms with Crippen molar-refractivity contribution in [1.29, 1.82) is 0 Å². The summed E-state index contributed by atoms with van der Waals surface area (Å²) in [7, 11) is -1.55. The van der Waals surface area contributed by atoms with Crippen LogP contribution in [0.5, 0.6) is 0 Å².